The summed E-state index contributed by atoms with van der Waals surface area (Å²) in [5.74, 6) is 2.42. The predicted octanol–water partition coefficient (Wildman–Crippen LogP) is 3.02. The summed E-state index contributed by atoms with van der Waals surface area (Å²) in [6, 6.07) is 4.60. The van der Waals surface area contributed by atoms with Crippen LogP contribution in [0.1, 0.15) is 37.5 Å². The molecule has 8 heteroatoms. The quantitative estimate of drug-likeness (QED) is 0.373. The number of rotatable bonds is 5. The Balaban J connectivity index is 0.00000225. The monoisotopic (exact) mass is 497 g/mol. The molecule has 25 heavy (non-hydrogen) atoms. The molecule has 1 aromatic rings. The third-order valence-electron chi connectivity index (χ3n) is 4.89. The van der Waals surface area contributed by atoms with Crippen LogP contribution in [0.2, 0.25) is 0 Å². The summed E-state index contributed by atoms with van der Waals surface area (Å²) < 4.78 is 23.2. The Hall–Kier alpha value is -0.350. The van der Waals surface area contributed by atoms with Gasteiger partial charge in [-0.1, -0.05) is 13.0 Å². The van der Waals surface area contributed by atoms with Gasteiger partial charge in [-0.3, -0.25) is 0 Å². The minimum absolute atomic E-state index is 0. The molecule has 1 aromatic heterocycles. The first-order valence-corrected chi connectivity index (χ1v) is 11.5. The number of aliphatic imine (C=N–C) groups is 1. The second kappa shape index (κ2) is 9.55. The first-order chi connectivity index (χ1) is 11.5. The van der Waals surface area contributed by atoms with Crippen molar-refractivity contribution >= 4 is 51.1 Å². The summed E-state index contributed by atoms with van der Waals surface area (Å²) in [6.07, 6.45) is 4.38. The minimum atomic E-state index is -2.82. The summed E-state index contributed by atoms with van der Waals surface area (Å²) >= 11 is 1.71. The van der Waals surface area contributed by atoms with E-state index in [0.29, 0.717) is 30.6 Å². The molecular formula is C17H28IN3O2S2. The number of sulfone groups is 1. The van der Waals surface area contributed by atoms with Crippen LogP contribution >= 0.6 is 35.3 Å². The third-order valence-corrected chi connectivity index (χ3v) is 7.59. The molecule has 3 unspecified atom stereocenters. The fraction of sp³-hybridized carbons (Fsp3) is 0.706. The van der Waals surface area contributed by atoms with Gasteiger partial charge in [0.15, 0.2) is 15.8 Å². The standard InChI is InChI=1S/C17H27N3O2S2.HI/c1-13-4-5-15(9-13)20-17(19-11-16-3-2-7-23-16)18-10-14-6-8-24(21,22)12-14;/h2-3,7,13-15H,4-6,8-12H2,1H3,(H2,18,19,20);1H. The summed E-state index contributed by atoms with van der Waals surface area (Å²) in [5, 5.41) is 8.99. The maximum atomic E-state index is 11.6. The number of thiophene rings is 1. The van der Waals surface area contributed by atoms with Gasteiger partial charge >= 0.3 is 0 Å². The van der Waals surface area contributed by atoms with Crippen LogP contribution in [0.15, 0.2) is 22.5 Å². The second-order valence-corrected chi connectivity index (χ2v) is 10.4. The highest BCUT2D eigenvalue weighted by Crippen LogP contribution is 2.24. The number of hydrogen-bond donors (Lipinski definition) is 2. The number of nitrogens with one attached hydrogen (secondary N) is 2. The maximum Gasteiger partial charge on any atom is 0.191 e. The third kappa shape index (κ3) is 6.71. The number of guanidine groups is 1. The van der Waals surface area contributed by atoms with E-state index in [4.69, 9.17) is 4.99 Å². The Labute approximate surface area is 172 Å². The molecule has 2 heterocycles. The van der Waals surface area contributed by atoms with Crippen molar-refractivity contribution in [3.05, 3.63) is 22.4 Å². The fourth-order valence-corrected chi connectivity index (χ4v) is 6.01. The molecular weight excluding hydrogens is 469 g/mol. The van der Waals surface area contributed by atoms with Crippen LogP contribution in [-0.4, -0.2) is 38.5 Å². The van der Waals surface area contributed by atoms with Gasteiger partial charge in [-0.2, -0.15) is 0 Å². The van der Waals surface area contributed by atoms with Gasteiger partial charge in [0.25, 0.3) is 0 Å². The molecule has 2 fully saturated rings. The normalized spacial score (nSPS) is 28.5. The van der Waals surface area contributed by atoms with Crippen molar-refractivity contribution in [2.24, 2.45) is 16.8 Å². The average molecular weight is 497 g/mol. The molecule has 142 valence electrons. The van der Waals surface area contributed by atoms with Gasteiger partial charge in [0.05, 0.1) is 18.1 Å². The van der Waals surface area contributed by atoms with E-state index in [2.05, 4.69) is 29.0 Å². The van der Waals surface area contributed by atoms with Crippen molar-refractivity contribution in [3.8, 4) is 0 Å². The van der Waals surface area contributed by atoms with Crippen LogP contribution in [0, 0.1) is 11.8 Å². The van der Waals surface area contributed by atoms with Crippen LogP contribution in [0.5, 0.6) is 0 Å². The van der Waals surface area contributed by atoms with Crippen LogP contribution in [0.3, 0.4) is 0 Å². The zero-order chi connectivity index (χ0) is 17.0. The molecule has 3 rings (SSSR count). The van der Waals surface area contributed by atoms with E-state index in [-0.39, 0.29) is 29.9 Å². The van der Waals surface area contributed by atoms with Crippen molar-refractivity contribution < 1.29 is 8.42 Å². The SMILES string of the molecule is CC1CCC(NC(=NCc2cccs2)NCC2CCS(=O)(=O)C2)C1.I. The summed E-state index contributed by atoms with van der Waals surface area (Å²) in [5.41, 5.74) is 0. The van der Waals surface area contributed by atoms with E-state index >= 15 is 0 Å². The van der Waals surface area contributed by atoms with Crippen molar-refractivity contribution in [1.82, 2.24) is 10.6 Å². The van der Waals surface area contributed by atoms with E-state index in [9.17, 15) is 8.42 Å². The Morgan fingerprint density at radius 3 is 2.80 bits per heavy atom. The fourth-order valence-electron chi connectivity index (χ4n) is 3.52. The smallest absolute Gasteiger partial charge is 0.191 e. The highest BCUT2D eigenvalue weighted by atomic mass is 127. The highest BCUT2D eigenvalue weighted by molar-refractivity contribution is 14.0. The second-order valence-electron chi connectivity index (χ2n) is 7.15. The Kier molecular flexibility index (Phi) is 8.00. The van der Waals surface area contributed by atoms with Gasteiger partial charge in [0.2, 0.25) is 0 Å². The molecule has 1 saturated carbocycles. The molecule has 0 bridgehead atoms. The van der Waals surface area contributed by atoms with Gasteiger partial charge in [-0.05, 0) is 49.0 Å². The van der Waals surface area contributed by atoms with Crippen molar-refractivity contribution in [2.45, 2.75) is 45.2 Å². The topological polar surface area (TPSA) is 70.6 Å². The van der Waals surface area contributed by atoms with E-state index in [1.165, 1.54) is 24.1 Å². The largest absolute Gasteiger partial charge is 0.356 e. The van der Waals surface area contributed by atoms with Crippen LogP contribution in [-0.2, 0) is 16.4 Å². The lowest BCUT2D eigenvalue weighted by Crippen LogP contribution is -2.44. The highest BCUT2D eigenvalue weighted by Gasteiger charge is 2.28. The van der Waals surface area contributed by atoms with Crippen LogP contribution < -0.4 is 10.6 Å². The van der Waals surface area contributed by atoms with E-state index in [1.807, 2.05) is 6.07 Å². The van der Waals surface area contributed by atoms with Gasteiger partial charge < -0.3 is 10.6 Å². The van der Waals surface area contributed by atoms with Gasteiger partial charge in [-0.15, -0.1) is 35.3 Å². The molecule has 2 N–H and O–H groups in total. The van der Waals surface area contributed by atoms with Crippen molar-refractivity contribution in [3.63, 3.8) is 0 Å². The first kappa shape index (κ1) is 21.0. The van der Waals surface area contributed by atoms with E-state index in [1.54, 1.807) is 11.3 Å². The van der Waals surface area contributed by atoms with Crippen LogP contribution in [0.4, 0.5) is 0 Å². The Morgan fingerprint density at radius 2 is 2.20 bits per heavy atom. The zero-order valence-electron chi connectivity index (χ0n) is 14.6. The molecule has 3 atom stereocenters. The minimum Gasteiger partial charge on any atom is -0.356 e. The maximum absolute atomic E-state index is 11.6. The molecule has 0 amide bonds. The van der Waals surface area contributed by atoms with E-state index < -0.39 is 9.84 Å². The summed E-state index contributed by atoms with van der Waals surface area (Å²) in [6.45, 7) is 3.64. The number of nitrogens with zero attached hydrogens (tertiary/aromatic N) is 1. The Bertz CT molecular complexity index is 661. The molecule has 1 aliphatic heterocycles. The molecule has 2 aliphatic rings. The number of hydrogen-bond acceptors (Lipinski definition) is 4. The van der Waals surface area contributed by atoms with Gasteiger partial charge in [-0.25, -0.2) is 13.4 Å². The molecule has 1 aliphatic carbocycles. The molecule has 5 nitrogen and oxygen atoms in total. The van der Waals surface area contributed by atoms with Crippen LogP contribution in [0.25, 0.3) is 0 Å². The molecule has 1 saturated heterocycles. The lowest BCUT2D eigenvalue weighted by Gasteiger charge is -2.19. The van der Waals surface area contributed by atoms with E-state index in [0.717, 1.165) is 18.3 Å². The summed E-state index contributed by atoms with van der Waals surface area (Å²) in [4.78, 5) is 5.94. The Morgan fingerprint density at radius 1 is 1.36 bits per heavy atom. The average Bonchev–Trinajstić information content (AvgIpc) is 3.24. The first-order valence-electron chi connectivity index (χ1n) is 8.78. The number of halogens is 1. The molecule has 0 spiro atoms. The lowest BCUT2D eigenvalue weighted by molar-refractivity contribution is 0.542. The van der Waals surface area contributed by atoms with Crippen molar-refractivity contribution in [1.29, 1.82) is 0 Å². The molecule has 0 aromatic carbocycles. The zero-order valence-corrected chi connectivity index (χ0v) is 18.6. The van der Waals surface area contributed by atoms with Gasteiger partial charge in [0, 0.05) is 17.5 Å². The molecule has 0 radical (unpaired) electrons. The van der Waals surface area contributed by atoms with Gasteiger partial charge in [0.1, 0.15) is 0 Å². The van der Waals surface area contributed by atoms with Crippen molar-refractivity contribution in [2.75, 3.05) is 18.1 Å². The predicted molar refractivity (Wildman–Crippen MR) is 116 cm³/mol. The lowest BCUT2D eigenvalue weighted by atomic mass is 10.1. The summed E-state index contributed by atoms with van der Waals surface area (Å²) in [7, 11) is -2.82.